The average molecular weight is 418 g/mol. The van der Waals surface area contributed by atoms with E-state index in [0.717, 1.165) is 34.1 Å². The van der Waals surface area contributed by atoms with Gasteiger partial charge in [-0.25, -0.2) is 0 Å². The number of fused-ring (bicyclic) bond motifs is 1. The number of nitrogens with zero attached hydrogens (tertiary/aromatic N) is 4. The van der Waals surface area contributed by atoms with Crippen molar-refractivity contribution in [2.24, 2.45) is 0 Å². The van der Waals surface area contributed by atoms with E-state index < -0.39 is 0 Å². The van der Waals surface area contributed by atoms with E-state index in [2.05, 4.69) is 48.4 Å². The molecule has 31 heavy (non-hydrogen) atoms. The molecule has 0 aliphatic rings. The van der Waals surface area contributed by atoms with Crippen molar-refractivity contribution in [1.29, 1.82) is 0 Å². The molecule has 4 rings (SSSR count). The maximum absolute atomic E-state index is 5.45. The molecule has 2 aromatic heterocycles. The number of nitrogens with one attached hydrogen (secondary N) is 1. The van der Waals surface area contributed by atoms with Crippen LogP contribution in [0.2, 0.25) is 0 Å². The maximum atomic E-state index is 5.45. The van der Waals surface area contributed by atoms with Gasteiger partial charge in [-0.2, -0.15) is 4.52 Å². The van der Waals surface area contributed by atoms with Crippen molar-refractivity contribution in [2.75, 3.05) is 19.5 Å². The average Bonchev–Trinajstić information content (AvgIpc) is 3.21. The quantitative estimate of drug-likeness (QED) is 0.493. The van der Waals surface area contributed by atoms with E-state index in [0.29, 0.717) is 5.82 Å². The summed E-state index contributed by atoms with van der Waals surface area (Å²) in [5.41, 5.74) is 2.64. The highest BCUT2D eigenvalue weighted by atomic mass is 16.5. The Kier molecular flexibility index (Phi) is 5.50. The Labute approximate surface area is 182 Å². The van der Waals surface area contributed by atoms with E-state index in [1.807, 2.05) is 48.5 Å². The molecular formula is C24H27N5O2. The minimum absolute atomic E-state index is 0.162. The van der Waals surface area contributed by atoms with Gasteiger partial charge in [-0.15, -0.1) is 15.3 Å². The molecule has 1 N–H and O–H groups in total. The van der Waals surface area contributed by atoms with Gasteiger partial charge in [0.2, 0.25) is 0 Å². The lowest BCUT2D eigenvalue weighted by atomic mass is 9.96. The molecule has 160 valence electrons. The molecular weight excluding hydrogens is 390 g/mol. The molecule has 0 aliphatic heterocycles. The van der Waals surface area contributed by atoms with Crippen molar-refractivity contribution < 1.29 is 9.47 Å². The summed E-state index contributed by atoms with van der Waals surface area (Å²) in [6.45, 7) is 6.29. The third-order valence-corrected chi connectivity index (χ3v) is 5.08. The normalized spacial score (nSPS) is 11.7. The van der Waals surface area contributed by atoms with Gasteiger partial charge in [0, 0.05) is 5.41 Å². The van der Waals surface area contributed by atoms with E-state index in [1.54, 1.807) is 18.7 Å². The Morgan fingerprint density at radius 1 is 0.839 bits per heavy atom. The molecule has 2 aromatic carbocycles. The minimum Gasteiger partial charge on any atom is -0.497 e. The zero-order valence-corrected chi connectivity index (χ0v) is 18.5. The van der Waals surface area contributed by atoms with Crippen molar-refractivity contribution in [3.63, 3.8) is 0 Å². The van der Waals surface area contributed by atoms with Crippen molar-refractivity contribution in [3.05, 3.63) is 77.6 Å². The molecule has 0 fully saturated rings. The van der Waals surface area contributed by atoms with Crippen LogP contribution >= 0.6 is 0 Å². The summed E-state index contributed by atoms with van der Waals surface area (Å²) >= 11 is 0. The van der Waals surface area contributed by atoms with Crippen LogP contribution in [0.1, 0.15) is 43.8 Å². The molecule has 0 radical (unpaired) electrons. The Bertz CT molecular complexity index is 1150. The van der Waals surface area contributed by atoms with Crippen LogP contribution in [-0.2, 0) is 5.41 Å². The monoisotopic (exact) mass is 417 g/mol. The molecule has 0 aliphatic carbocycles. The first-order chi connectivity index (χ1) is 14.9. The minimum atomic E-state index is -0.177. The molecule has 0 spiro atoms. The highest BCUT2D eigenvalue weighted by Gasteiger charge is 2.23. The molecule has 2 heterocycles. The van der Waals surface area contributed by atoms with E-state index in [9.17, 15) is 0 Å². The summed E-state index contributed by atoms with van der Waals surface area (Å²) in [4.78, 5) is 0. The molecule has 0 amide bonds. The molecule has 4 aromatic rings. The highest BCUT2D eigenvalue weighted by Crippen LogP contribution is 2.30. The van der Waals surface area contributed by atoms with Gasteiger partial charge in [-0.3, -0.25) is 0 Å². The maximum Gasteiger partial charge on any atom is 0.178 e. The molecule has 0 saturated carbocycles. The molecule has 0 bridgehead atoms. The third-order valence-electron chi connectivity index (χ3n) is 5.08. The van der Waals surface area contributed by atoms with Crippen molar-refractivity contribution >= 4 is 11.5 Å². The van der Waals surface area contributed by atoms with E-state index in [4.69, 9.17) is 14.6 Å². The lowest BCUT2D eigenvalue weighted by molar-refractivity contribution is 0.413. The fourth-order valence-corrected chi connectivity index (χ4v) is 3.48. The van der Waals surface area contributed by atoms with Crippen LogP contribution in [0.5, 0.6) is 11.5 Å². The first kappa shape index (κ1) is 20.7. The van der Waals surface area contributed by atoms with Crippen LogP contribution in [0.25, 0.3) is 5.65 Å². The van der Waals surface area contributed by atoms with Gasteiger partial charge in [0.05, 0.1) is 20.3 Å². The second kappa shape index (κ2) is 8.26. The summed E-state index contributed by atoms with van der Waals surface area (Å²) < 4.78 is 12.7. The van der Waals surface area contributed by atoms with Crippen LogP contribution in [0, 0.1) is 0 Å². The smallest absolute Gasteiger partial charge is 0.178 e. The Hall–Kier alpha value is -3.61. The number of ether oxygens (including phenoxy) is 2. The SMILES string of the molecule is COc1cccc(C(Nc2ccc3nnc(C(C)(C)C)n3n2)c2cccc(OC)c2)c1. The zero-order chi connectivity index (χ0) is 22.0. The van der Waals surface area contributed by atoms with Crippen molar-refractivity contribution in [1.82, 2.24) is 19.8 Å². The van der Waals surface area contributed by atoms with Crippen LogP contribution in [0.15, 0.2) is 60.7 Å². The third kappa shape index (κ3) is 4.30. The van der Waals surface area contributed by atoms with Crippen LogP contribution in [-0.4, -0.2) is 34.0 Å². The molecule has 0 saturated heterocycles. The van der Waals surface area contributed by atoms with E-state index in [1.165, 1.54) is 0 Å². The van der Waals surface area contributed by atoms with E-state index in [-0.39, 0.29) is 11.5 Å². The number of rotatable bonds is 6. The van der Waals surface area contributed by atoms with Gasteiger partial charge in [-0.1, -0.05) is 45.0 Å². The van der Waals surface area contributed by atoms with Crippen LogP contribution < -0.4 is 14.8 Å². The summed E-state index contributed by atoms with van der Waals surface area (Å²) in [5.74, 6) is 3.12. The predicted octanol–water partition coefficient (Wildman–Crippen LogP) is 4.64. The zero-order valence-electron chi connectivity index (χ0n) is 18.5. The predicted molar refractivity (Wildman–Crippen MR) is 121 cm³/mol. The van der Waals surface area contributed by atoms with Crippen LogP contribution in [0.3, 0.4) is 0 Å². The number of aromatic nitrogens is 4. The highest BCUT2D eigenvalue weighted by molar-refractivity contribution is 5.50. The number of hydrogen-bond acceptors (Lipinski definition) is 6. The molecule has 7 nitrogen and oxygen atoms in total. The summed E-state index contributed by atoms with van der Waals surface area (Å²) in [6, 6.07) is 19.7. The Morgan fingerprint density at radius 3 is 2.00 bits per heavy atom. The largest absolute Gasteiger partial charge is 0.497 e. The second-order valence-electron chi connectivity index (χ2n) is 8.39. The summed E-state index contributed by atoms with van der Waals surface area (Å²) in [7, 11) is 3.34. The summed E-state index contributed by atoms with van der Waals surface area (Å²) in [5, 5.41) is 17.0. The Morgan fingerprint density at radius 2 is 1.45 bits per heavy atom. The lowest BCUT2D eigenvalue weighted by Gasteiger charge is -2.22. The standard InChI is InChI=1S/C24H27N5O2/c1-24(2,3)23-27-26-21-13-12-20(28-29(21)23)25-22(16-8-6-10-18(14-16)30-4)17-9-7-11-19(15-17)31-5/h6-15,22H,1-5H3,(H,25,28). The van der Waals surface area contributed by atoms with Gasteiger partial charge < -0.3 is 14.8 Å². The van der Waals surface area contributed by atoms with Gasteiger partial charge in [0.1, 0.15) is 17.3 Å². The molecule has 0 atom stereocenters. The van der Waals surface area contributed by atoms with Crippen molar-refractivity contribution in [3.8, 4) is 11.5 Å². The van der Waals surface area contributed by atoms with Crippen molar-refractivity contribution in [2.45, 2.75) is 32.2 Å². The first-order valence-electron chi connectivity index (χ1n) is 10.2. The van der Waals surface area contributed by atoms with Crippen LogP contribution in [0.4, 0.5) is 5.82 Å². The second-order valence-corrected chi connectivity index (χ2v) is 8.39. The van der Waals surface area contributed by atoms with Gasteiger partial charge in [-0.05, 0) is 47.5 Å². The lowest BCUT2D eigenvalue weighted by Crippen LogP contribution is -2.19. The van der Waals surface area contributed by atoms with Gasteiger partial charge in [0.15, 0.2) is 11.5 Å². The summed E-state index contributed by atoms with van der Waals surface area (Å²) in [6.07, 6.45) is 0. The Balaban J connectivity index is 1.78. The fourth-order valence-electron chi connectivity index (χ4n) is 3.48. The van der Waals surface area contributed by atoms with E-state index >= 15 is 0 Å². The molecule has 7 heteroatoms. The first-order valence-corrected chi connectivity index (χ1v) is 10.2. The number of methoxy groups -OCH3 is 2. The topological polar surface area (TPSA) is 73.6 Å². The van der Waals surface area contributed by atoms with Gasteiger partial charge in [0.25, 0.3) is 0 Å². The molecule has 0 unspecified atom stereocenters. The number of hydrogen-bond donors (Lipinski definition) is 1. The fraction of sp³-hybridized carbons (Fsp3) is 0.292. The van der Waals surface area contributed by atoms with Gasteiger partial charge >= 0.3 is 0 Å². The number of benzene rings is 2. The number of anilines is 1.